The van der Waals surface area contributed by atoms with E-state index in [4.69, 9.17) is 14.2 Å². The lowest BCUT2D eigenvalue weighted by Gasteiger charge is -2.39. The van der Waals surface area contributed by atoms with Gasteiger partial charge < -0.3 is 24.4 Å². The van der Waals surface area contributed by atoms with E-state index in [0.717, 1.165) is 46.6 Å². The first kappa shape index (κ1) is 40.4. The maximum absolute atomic E-state index is 13.4. The second kappa shape index (κ2) is 22.0. The molecule has 0 bridgehead atoms. The molecular weight excluding hydrogens is 644 g/mol. The lowest BCUT2D eigenvalue weighted by molar-refractivity contribution is -0.156. The molecule has 274 valence electrons. The van der Waals surface area contributed by atoms with E-state index in [1.54, 1.807) is 17.3 Å². The lowest BCUT2D eigenvalue weighted by atomic mass is 9.97. The monoisotopic (exact) mass is 698 g/mol. The summed E-state index contributed by atoms with van der Waals surface area (Å²) in [5.41, 5.74) is 4.41. The minimum absolute atomic E-state index is 0.0949. The van der Waals surface area contributed by atoms with Crippen LogP contribution in [0.4, 0.5) is 4.79 Å². The van der Waals surface area contributed by atoms with Gasteiger partial charge in [0.05, 0.1) is 19.6 Å². The van der Waals surface area contributed by atoms with Crippen LogP contribution >= 0.6 is 0 Å². The molecule has 2 heterocycles. The highest BCUT2D eigenvalue weighted by molar-refractivity contribution is 5.88. The van der Waals surface area contributed by atoms with Crippen LogP contribution in [0.3, 0.4) is 0 Å². The van der Waals surface area contributed by atoms with Crippen LogP contribution in [-0.2, 0) is 25.5 Å². The topological polar surface area (TPSA) is 120 Å². The standard InChI is InChI=1S/C39H48N4O6.C2H6/c1-5-7-9-10-11-21-48-34-19-17-30(18-20-34)32-23-40-36(41-24-32)31-15-13-29(14-16-31)22-35(37(44)43-25-33(26-43)38(45)47-4)42-39(46)49-27-28(3)12-8-6-2;1-2/h6,8,12-20,23-24,33,35H,5,7,9-11,21-22,25-27H2,1-4H3,(H,42,46);1-2H3/b8-6-,28-12+;. The number of hydrogen-bond acceptors (Lipinski definition) is 8. The number of unbranched alkanes of at least 4 members (excludes halogenated alkanes) is 4. The Morgan fingerprint density at radius 3 is 2.20 bits per heavy atom. The molecule has 10 heteroatoms. The number of methoxy groups -OCH3 is 1. The summed E-state index contributed by atoms with van der Waals surface area (Å²) in [5.74, 6) is 0.422. The third-order valence-corrected chi connectivity index (χ3v) is 8.33. The molecule has 1 saturated heterocycles. The molecule has 1 fully saturated rings. The van der Waals surface area contributed by atoms with Crippen molar-refractivity contribution < 1.29 is 28.6 Å². The van der Waals surface area contributed by atoms with Gasteiger partial charge in [-0.1, -0.05) is 101 Å². The first-order chi connectivity index (χ1) is 24.8. The molecule has 10 nitrogen and oxygen atoms in total. The van der Waals surface area contributed by atoms with Crippen molar-refractivity contribution in [3.63, 3.8) is 0 Å². The molecule has 0 saturated carbocycles. The maximum Gasteiger partial charge on any atom is 0.408 e. The Kier molecular flexibility index (Phi) is 17.4. The van der Waals surface area contributed by atoms with Crippen molar-refractivity contribution in [2.24, 2.45) is 5.92 Å². The molecule has 1 aliphatic rings. The van der Waals surface area contributed by atoms with Gasteiger partial charge in [-0.15, -0.1) is 0 Å². The van der Waals surface area contributed by atoms with Gasteiger partial charge in [-0.3, -0.25) is 9.59 Å². The largest absolute Gasteiger partial charge is 0.494 e. The van der Waals surface area contributed by atoms with Crippen LogP contribution in [0.25, 0.3) is 22.5 Å². The number of ether oxygens (including phenoxy) is 3. The Hall–Kier alpha value is -4.99. The van der Waals surface area contributed by atoms with Crippen LogP contribution < -0.4 is 10.1 Å². The van der Waals surface area contributed by atoms with E-state index in [9.17, 15) is 14.4 Å². The van der Waals surface area contributed by atoms with Gasteiger partial charge in [0.15, 0.2) is 5.82 Å². The summed E-state index contributed by atoms with van der Waals surface area (Å²) in [4.78, 5) is 48.7. The third kappa shape index (κ3) is 13.0. The summed E-state index contributed by atoms with van der Waals surface area (Å²) in [6, 6.07) is 14.7. The van der Waals surface area contributed by atoms with E-state index in [2.05, 4.69) is 22.2 Å². The highest BCUT2D eigenvalue weighted by Gasteiger charge is 2.39. The Bertz CT molecular complexity index is 1560. The van der Waals surface area contributed by atoms with E-state index in [0.29, 0.717) is 5.82 Å². The van der Waals surface area contributed by atoms with E-state index in [1.165, 1.54) is 32.8 Å². The summed E-state index contributed by atoms with van der Waals surface area (Å²) in [5, 5.41) is 2.73. The lowest BCUT2D eigenvalue weighted by Crippen LogP contribution is -2.59. The fraction of sp³-hybridized carbons (Fsp3) is 0.439. The number of amides is 2. The molecule has 1 unspecified atom stereocenters. The van der Waals surface area contributed by atoms with Crippen molar-refractivity contribution in [1.82, 2.24) is 20.2 Å². The number of aromatic nitrogens is 2. The van der Waals surface area contributed by atoms with Crippen molar-refractivity contribution in [1.29, 1.82) is 0 Å². The average Bonchev–Trinajstić information content (AvgIpc) is 3.15. The smallest absolute Gasteiger partial charge is 0.408 e. The second-order valence-electron chi connectivity index (χ2n) is 12.3. The zero-order valence-electron chi connectivity index (χ0n) is 31.0. The highest BCUT2D eigenvalue weighted by Crippen LogP contribution is 2.24. The molecule has 0 spiro atoms. The van der Waals surface area contributed by atoms with Crippen molar-refractivity contribution >= 4 is 18.0 Å². The van der Waals surface area contributed by atoms with Crippen molar-refractivity contribution in [3.05, 3.63) is 90.3 Å². The number of nitrogens with one attached hydrogen (secondary N) is 1. The van der Waals surface area contributed by atoms with Gasteiger partial charge in [-0.2, -0.15) is 0 Å². The average molecular weight is 699 g/mol. The van der Waals surface area contributed by atoms with Crippen LogP contribution in [0, 0.1) is 5.92 Å². The Balaban J connectivity index is 0.00000345. The Labute approximate surface area is 303 Å². The predicted octanol–water partition coefficient (Wildman–Crippen LogP) is 7.98. The van der Waals surface area contributed by atoms with Gasteiger partial charge in [-0.25, -0.2) is 14.8 Å². The second-order valence-corrected chi connectivity index (χ2v) is 12.3. The zero-order chi connectivity index (χ0) is 37.0. The molecule has 0 aliphatic carbocycles. The number of alkyl carbamates (subject to hydrolysis) is 1. The Morgan fingerprint density at radius 1 is 0.922 bits per heavy atom. The number of carbonyl (C=O) groups is 3. The van der Waals surface area contributed by atoms with Crippen LogP contribution in [-0.4, -0.2) is 72.3 Å². The molecule has 1 atom stereocenters. The normalized spacial score (nSPS) is 13.5. The number of allylic oxidation sites excluding steroid dienone is 3. The summed E-state index contributed by atoms with van der Waals surface area (Å²) >= 11 is 0. The minimum Gasteiger partial charge on any atom is -0.494 e. The number of hydrogen-bond donors (Lipinski definition) is 1. The molecular formula is C41H54N4O6. The summed E-state index contributed by atoms with van der Waals surface area (Å²) in [7, 11) is 1.33. The molecule has 1 aromatic heterocycles. The van der Waals surface area contributed by atoms with Crippen molar-refractivity contribution in [2.75, 3.05) is 33.4 Å². The van der Waals surface area contributed by atoms with Gasteiger partial charge in [0.1, 0.15) is 18.4 Å². The molecule has 2 amide bonds. The summed E-state index contributed by atoms with van der Waals surface area (Å²) in [6.07, 6.45) is 14.8. The third-order valence-electron chi connectivity index (χ3n) is 8.33. The quantitative estimate of drug-likeness (QED) is 0.0857. The molecule has 3 aromatic rings. The number of rotatable bonds is 17. The maximum atomic E-state index is 13.4. The van der Waals surface area contributed by atoms with E-state index >= 15 is 0 Å². The van der Waals surface area contributed by atoms with E-state index in [1.807, 2.05) is 94.5 Å². The van der Waals surface area contributed by atoms with Crippen molar-refractivity contribution in [2.45, 2.75) is 79.2 Å². The zero-order valence-corrected chi connectivity index (χ0v) is 31.0. The molecule has 1 N–H and O–H groups in total. The van der Waals surface area contributed by atoms with Gasteiger partial charge in [0.2, 0.25) is 5.91 Å². The first-order valence-electron chi connectivity index (χ1n) is 18.0. The fourth-order valence-corrected chi connectivity index (χ4v) is 5.36. The van der Waals surface area contributed by atoms with E-state index < -0.39 is 12.1 Å². The number of benzene rings is 2. The number of esters is 1. The van der Waals surface area contributed by atoms with Crippen LogP contribution in [0.1, 0.15) is 72.3 Å². The molecule has 51 heavy (non-hydrogen) atoms. The molecule has 4 rings (SSSR count). The van der Waals surface area contributed by atoms with Crippen LogP contribution in [0.5, 0.6) is 5.75 Å². The molecule has 2 aromatic carbocycles. The van der Waals surface area contributed by atoms with Gasteiger partial charge >= 0.3 is 12.1 Å². The number of nitrogens with zero attached hydrogens (tertiary/aromatic N) is 3. The first-order valence-corrected chi connectivity index (χ1v) is 18.0. The van der Waals surface area contributed by atoms with Crippen LogP contribution in [0.2, 0.25) is 0 Å². The Morgan fingerprint density at radius 2 is 1.57 bits per heavy atom. The van der Waals surface area contributed by atoms with Gasteiger partial charge in [-0.05, 0) is 49.1 Å². The molecule has 1 aliphatic heterocycles. The highest BCUT2D eigenvalue weighted by atomic mass is 16.5. The molecule has 0 radical (unpaired) electrons. The van der Waals surface area contributed by atoms with E-state index in [-0.39, 0.29) is 43.9 Å². The minimum atomic E-state index is -0.880. The van der Waals surface area contributed by atoms with Gasteiger partial charge in [0, 0.05) is 43.0 Å². The summed E-state index contributed by atoms with van der Waals surface area (Å²) in [6.45, 7) is 11.3. The fourth-order valence-electron chi connectivity index (χ4n) is 5.36. The van der Waals surface area contributed by atoms with Gasteiger partial charge in [0.25, 0.3) is 0 Å². The van der Waals surface area contributed by atoms with Crippen LogP contribution in [0.15, 0.2) is 84.7 Å². The predicted molar refractivity (Wildman–Crippen MR) is 201 cm³/mol. The van der Waals surface area contributed by atoms with Crippen molar-refractivity contribution in [3.8, 4) is 28.3 Å². The SMILES string of the molecule is C/C=C\C=C(/C)COC(=O)NC(Cc1ccc(-c2ncc(-c3ccc(OCCCCCCC)cc3)cn2)cc1)C(=O)N1CC(C(=O)OC)C1.CC. The number of carbonyl (C=O) groups excluding carboxylic acids is 3. The number of likely N-dealkylation sites (tertiary alicyclic amines) is 1. The summed E-state index contributed by atoms with van der Waals surface area (Å²) < 4.78 is 16.0.